The molecule has 0 aliphatic heterocycles. The van der Waals surface area contributed by atoms with Crippen LogP contribution < -0.4 is 10.1 Å². The van der Waals surface area contributed by atoms with Crippen LogP contribution in [0.1, 0.15) is 63.5 Å². The molecule has 1 aliphatic carbocycles. The number of halogens is 1. The number of hydrogen-bond donors (Lipinski definition) is 2. The Balaban J connectivity index is 1.50. The number of anilines is 1. The number of hydrogen-bond acceptors (Lipinski definition) is 8. The van der Waals surface area contributed by atoms with Crippen molar-refractivity contribution >= 4 is 11.9 Å². The zero-order chi connectivity index (χ0) is 26.0. The number of aromatic nitrogens is 6. The predicted molar refractivity (Wildman–Crippen MR) is 131 cm³/mol. The zero-order valence-electron chi connectivity index (χ0n) is 21.2. The van der Waals surface area contributed by atoms with Crippen molar-refractivity contribution in [1.82, 2.24) is 29.9 Å². The molecule has 36 heavy (non-hydrogen) atoms. The standard InChI is InChI=1S/C25H32FN7O3/c1-14-20(36-16-8-6-7-15(11-16)23(34)35)10-9-18(29-14)21-19(33(5)32-31-21)13-28-24-27-12-17(26)22(30-24)25(2,3)4/h9-10,12,15-16H,6-8,11,13H2,1-5H3,(H,34,35)(H,27,28,30)/t15-,16-/m0/s1. The highest BCUT2D eigenvalue weighted by Gasteiger charge is 2.28. The van der Waals surface area contributed by atoms with E-state index in [9.17, 15) is 14.3 Å². The van der Waals surface area contributed by atoms with Gasteiger partial charge in [0.25, 0.3) is 0 Å². The average Bonchev–Trinajstić information content (AvgIpc) is 3.19. The van der Waals surface area contributed by atoms with E-state index in [-0.39, 0.29) is 12.0 Å². The van der Waals surface area contributed by atoms with E-state index in [1.807, 2.05) is 39.8 Å². The van der Waals surface area contributed by atoms with E-state index in [2.05, 4.69) is 30.6 Å². The van der Waals surface area contributed by atoms with Gasteiger partial charge in [-0.25, -0.2) is 24.0 Å². The Morgan fingerprint density at radius 3 is 2.75 bits per heavy atom. The van der Waals surface area contributed by atoms with Crippen molar-refractivity contribution in [3.8, 4) is 17.1 Å². The third-order valence-corrected chi connectivity index (χ3v) is 6.36. The van der Waals surface area contributed by atoms with Crippen molar-refractivity contribution in [1.29, 1.82) is 0 Å². The molecule has 1 aliphatic rings. The summed E-state index contributed by atoms with van der Waals surface area (Å²) in [6, 6.07) is 3.66. The molecule has 3 heterocycles. The largest absolute Gasteiger partial charge is 0.489 e. The fourth-order valence-corrected chi connectivity index (χ4v) is 4.38. The van der Waals surface area contributed by atoms with E-state index in [1.54, 1.807) is 11.7 Å². The van der Waals surface area contributed by atoms with Crippen LogP contribution >= 0.6 is 0 Å². The van der Waals surface area contributed by atoms with Gasteiger partial charge in [-0.05, 0) is 44.7 Å². The Morgan fingerprint density at radius 1 is 1.28 bits per heavy atom. The third-order valence-electron chi connectivity index (χ3n) is 6.36. The predicted octanol–water partition coefficient (Wildman–Crippen LogP) is 4.05. The maximum absolute atomic E-state index is 14.2. The summed E-state index contributed by atoms with van der Waals surface area (Å²) in [6.07, 6.45) is 3.88. The second kappa shape index (κ2) is 10.2. The Morgan fingerprint density at radius 2 is 2.06 bits per heavy atom. The number of rotatable bonds is 7. The molecule has 3 aromatic rings. The molecule has 0 aromatic carbocycles. The topological polar surface area (TPSA) is 128 Å². The van der Waals surface area contributed by atoms with Gasteiger partial charge in [0.05, 0.1) is 47.5 Å². The van der Waals surface area contributed by atoms with Crippen molar-refractivity contribution < 1.29 is 19.0 Å². The summed E-state index contributed by atoms with van der Waals surface area (Å²) in [4.78, 5) is 24.5. The molecular formula is C25H32FN7O3. The van der Waals surface area contributed by atoms with Gasteiger partial charge in [0.2, 0.25) is 5.95 Å². The number of carboxylic acids is 1. The van der Waals surface area contributed by atoms with E-state index in [0.717, 1.165) is 18.5 Å². The van der Waals surface area contributed by atoms with Crippen LogP contribution in [-0.4, -0.2) is 47.1 Å². The van der Waals surface area contributed by atoms with Crippen LogP contribution in [0.25, 0.3) is 11.4 Å². The number of pyridine rings is 1. The van der Waals surface area contributed by atoms with Crippen molar-refractivity contribution in [2.45, 2.75) is 71.4 Å². The first-order chi connectivity index (χ1) is 17.0. The minimum atomic E-state index is -0.766. The van der Waals surface area contributed by atoms with Gasteiger partial charge in [0.1, 0.15) is 11.4 Å². The SMILES string of the molecule is Cc1nc(-c2nnn(C)c2CNc2ncc(F)c(C(C)(C)C)n2)ccc1O[C@H]1CCC[C@H](C(=O)O)C1. The lowest BCUT2D eigenvalue weighted by Crippen LogP contribution is -2.29. The number of ether oxygens (including phenoxy) is 1. The maximum atomic E-state index is 14.2. The molecule has 0 unspecified atom stereocenters. The maximum Gasteiger partial charge on any atom is 0.306 e. The highest BCUT2D eigenvalue weighted by atomic mass is 19.1. The fourth-order valence-electron chi connectivity index (χ4n) is 4.38. The molecule has 192 valence electrons. The van der Waals surface area contributed by atoms with Crippen LogP contribution in [-0.2, 0) is 23.8 Å². The number of carboxylic acid groups (broad SMARTS) is 1. The molecule has 0 saturated heterocycles. The molecule has 11 heteroatoms. The Hall–Kier alpha value is -3.63. The van der Waals surface area contributed by atoms with E-state index in [0.29, 0.717) is 53.9 Å². The van der Waals surface area contributed by atoms with Crippen LogP contribution in [0.3, 0.4) is 0 Å². The van der Waals surface area contributed by atoms with Gasteiger partial charge >= 0.3 is 5.97 Å². The second-order valence-corrected chi connectivity index (χ2v) is 10.2. The third kappa shape index (κ3) is 5.60. The summed E-state index contributed by atoms with van der Waals surface area (Å²) in [5, 5.41) is 20.9. The van der Waals surface area contributed by atoms with Gasteiger partial charge in [-0.1, -0.05) is 26.0 Å². The van der Waals surface area contributed by atoms with Gasteiger partial charge in [-0.3, -0.25) is 4.79 Å². The van der Waals surface area contributed by atoms with Crippen LogP contribution in [0.2, 0.25) is 0 Å². The molecule has 3 aromatic heterocycles. The van der Waals surface area contributed by atoms with Crippen molar-refractivity contribution in [3.05, 3.63) is 41.2 Å². The van der Waals surface area contributed by atoms with E-state index in [4.69, 9.17) is 4.74 Å². The molecule has 1 fully saturated rings. The van der Waals surface area contributed by atoms with Gasteiger partial charge in [0, 0.05) is 12.5 Å². The minimum absolute atomic E-state index is 0.142. The van der Waals surface area contributed by atoms with Crippen molar-refractivity contribution in [2.24, 2.45) is 13.0 Å². The Labute approximate surface area is 209 Å². The number of aliphatic carboxylic acids is 1. The number of carbonyl (C=O) groups is 1. The summed E-state index contributed by atoms with van der Waals surface area (Å²) in [7, 11) is 1.78. The van der Waals surface area contributed by atoms with Crippen LogP contribution in [0.15, 0.2) is 18.3 Å². The lowest BCUT2D eigenvalue weighted by Gasteiger charge is -2.27. The van der Waals surface area contributed by atoms with E-state index < -0.39 is 17.2 Å². The van der Waals surface area contributed by atoms with E-state index >= 15 is 0 Å². The highest BCUT2D eigenvalue weighted by molar-refractivity contribution is 5.70. The van der Waals surface area contributed by atoms with Crippen LogP contribution in [0, 0.1) is 18.7 Å². The lowest BCUT2D eigenvalue weighted by atomic mass is 9.87. The van der Waals surface area contributed by atoms with Crippen LogP contribution in [0.4, 0.5) is 10.3 Å². The minimum Gasteiger partial charge on any atom is -0.489 e. The first kappa shape index (κ1) is 25.5. The zero-order valence-corrected chi connectivity index (χ0v) is 21.2. The molecule has 2 N–H and O–H groups in total. The second-order valence-electron chi connectivity index (χ2n) is 10.2. The number of aryl methyl sites for hydroxylation is 2. The van der Waals surface area contributed by atoms with Crippen molar-refractivity contribution in [3.63, 3.8) is 0 Å². The lowest BCUT2D eigenvalue weighted by molar-refractivity contribution is -0.143. The smallest absolute Gasteiger partial charge is 0.306 e. The molecule has 4 rings (SSSR count). The summed E-state index contributed by atoms with van der Waals surface area (Å²) < 4.78 is 21.9. The summed E-state index contributed by atoms with van der Waals surface area (Å²) in [5.41, 5.74) is 2.56. The summed E-state index contributed by atoms with van der Waals surface area (Å²) >= 11 is 0. The first-order valence-electron chi connectivity index (χ1n) is 12.1. The molecule has 2 atom stereocenters. The van der Waals surface area contributed by atoms with Gasteiger partial charge in [-0.15, -0.1) is 5.10 Å². The quantitative estimate of drug-likeness (QED) is 0.497. The summed E-state index contributed by atoms with van der Waals surface area (Å²) in [6.45, 7) is 7.85. The van der Waals surface area contributed by atoms with Gasteiger partial charge < -0.3 is 15.2 Å². The highest BCUT2D eigenvalue weighted by Crippen LogP contribution is 2.31. The molecule has 1 saturated carbocycles. The molecule has 0 spiro atoms. The van der Waals surface area contributed by atoms with Crippen molar-refractivity contribution in [2.75, 3.05) is 5.32 Å². The van der Waals surface area contributed by atoms with Gasteiger partial charge in [0.15, 0.2) is 5.82 Å². The average molecular weight is 498 g/mol. The molecular weight excluding hydrogens is 465 g/mol. The Kier molecular flexibility index (Phi) is 7.18. The number of nitrogens with one attached hydrogen (secondary N) is 1. The molecule has 0 bridgehead atoms. The Bertz CT molecular complexity index is 1250. The first-order valence-corrected chi connectivity index (χ1v) is 12.1. The van der Waals surface area contributed by atoms with Crippen LogP contribution in [0.5, 0.6) is 5.75 Å². The number of nitrogens with zero attached hydrogens (tertiary/aromatic N) is 6. The fraction of sp³-hybridized carbons (Fsp3) is 0.520. The molecule has 0 radical (unpaired) electrons. The normalized spacial score (nSPS) is 18.2. The van der Waals surface area contributed by atoms with E-state index in [1.165, 1.54) is 6.20 Å². The summed E-state index contributed by atoms with van der Waals surface area (Å²) in [5.74, 6) is -0.626. The van der Waals surface area contributed by atoms with Gasteiger partial charge in [-0.2, -0.15) is 0 Å². The monoisotopic (exact) mass is 497 g/mol. The molecule has 10 nitrogen and oxygen atoms in total. The molecule has 0 amide bonds.